The summed E-state index contributed by atoms with van der Waals surface area (Å²) in [6.45, 7) is 8.09. The van der Waals surface area contributed by atoms with E-state index in [-0.39, 0.29) is 11.9 Å². The molecule has 1 amide bonds. The van der Waals surface area contributed by atoms with Gasteiger partial charge in [0.2, 0.25) is 5.91 Å². The van der Waals surface area contributed by atoms with E-state index in [0.29, 0.717) is 18.8 Å². The first-order valence-corrected chi connectivity index (χ1v) is 9.16. The summed E-state index contributed by atoms with van der Waals surface area (Å²) in [7, 11) is -3.55. The molecular formula is C15H24N4O3S. The zero-order valence-electron chi connectivity index (χ0n) is 13.7. The Morgan fingerprint density at radius 3 is 2.13 bits per heavy atom. The number of benzene rings is 1. The molecule has 1 aromatic carbocycles. The van der Waals surface area contributed by atoms with Gasteiger partial charge in [0.25, 0.3) is 10.2 Å². The highest BCUT2D eigenvalue weighted by atomic mass is 32.2. The fourth-order valence-corrected chi connectivity index (χ4v) is 3.64. The normalized spacial score (nSPS) is 15.8. The van der Waals surface area contributed by atoms with Gasteiger partial charge in [0, 0.05) is 50.5 Å². The molecule has 1 aliphatic heterocycles. The van der Waals surface area contributed by atoms with Crippen molar-refractivity contribution in [2.45, 2.75) is 26.8 Å². The van der Waals surface area contributed by atoms with E-state index in [9.17, 15) is 13.2 Å². The van der Waals surface area contributed by atoms with E-state index in [1.54, 1.807) is 32.9 Å². The van der Waals surface area contributed by atoms with Crippen LogP contribution in [0.5, 0.6) is 0 Å². The number of carbonyl (C=O) groups is 1. The van der Waals surface area contributed by atoms with Crippen molar-refractivity contribution in [1.29, 1.82) is 0 Å². The molecule has 2 N–H and O–H groups in total. The molecule has 2 rings (SSSR count). The zero-order valence-corrected chi connectivity index (χ0v) is 14.6. The van der Waals surface area contributed by atoms with Crippen molar-refractivity contribution < 1.29 is 13.2 Å². The van der Waals surface area contributed by atoms with Crippen molar-refractivity contribution in [3.63, 3.8) is 0 Å². The molecule has 0 bridgehead atoms. The number of anilines is 2. The molecule has 1 fully saturated rings. The fraction of sp³-hybridized carbons (Fsp3) is 0.533. The number of hydrogen-bond acceptors (Lipinski definition) is 4. The van der Waals surface area contributed by atoms with Gasteiger partial charge in [-0.15, -0.1) is 0 Å². The highest BCUT2D eigenvalue weighted by Gasteiger charge is 2.19. The monoisotopic (exact) mass is 340 g/mol. The van der Waals surface area contributed by atoms with Gasteiger partial charge < -0.3 is 9.80 Å². The second kappa shape index (κ2) is 7.18. The number of nitrogens with zero attached hydrogens (tertiary/aromatic N) is 2. The van der Waals surface area contributed by atoms with Gasteiger partial charge in [-0.1, -0.05) is 0 Å². The molecule has 1 aliphatic rings. The van der Waals surface area contributed by atoms with Crippen LogP contribution in [-0.2, 0) is 15.0 Å². The molecule has 1 heterocycles. The smallest absolute Gasteiger partial charge is 0.299 e. The van der Waals surface area contributed by atoms with Gasteiger partial charge in [-0.2, -0.15) is 13.1 Å². The number of rotatable bonds is 5. The molecule has 0 radical (unpaired) electrons. The van der Waals surface area contributed by atoms with Crippen LogP contribution in [0.3, 0.4) is 0 Å². The van der Waals surface area contributed by atoms with Crippen LogP contribution in [0.1, 0.15) is 20.8 Å². The second-order valence-corrected chi connectivity index (χ2v) is 7.36. The molecule has 0 aromatic heterocycles. The Kier molecular flexibility index (Phi) is 5.48. The van der Waals surface area contributed by atoms with E-state index in [1.165, 1.54) is 0 Å². The van der Waals surface area contributed by atoms with E-state index in [2.05, 4.69) is 14.3 Å². The molecular weight excluding hydrogens is 316 g/mol. The van der Waals surface area contributed by atoms with Crippen LogP contribution in [0, 0.1) is 0 Å². The van der Waals surface area contributed by atoms with Crippen LogP contribution in [0.15, 0.2) is 24.3 Å². The average molecular weight is 340 g/mol. The van der Waals surface area contributed by atoms with Crippen molar-refractivity contribution in [2.24, 2.45) is 0 Å². The molecule has 7 nitrogen and oxygen atoms in total. The summed E-state index contributed by atoms with van der Waals surface area (Å²) in [5.74, 6) is 0.104. The molecule has 1 aromatic rings. The van der Waals surface area contributed by atoms with Gasteiger partial charge >= 0.3 is 0 Å². The minimum absolute atomic E-state index is 0.104. The standard InChI is InChI=1S/C15H24N4O3S/c1-12(2)16-23(21,22)17-14-4-6-15(7-5-14)19-10-8-18(9-11-19)13(3)20/h4-7,12,16-17H,8-11H2,1-3H3. The molecule has 1 saturated heterocycles. The lowest BCUT2D eigenvalue weighted by molar-refractivity contribution is -0.129. The fourth-order valence-electron chi connectivity index (χ4n) is 2.51. The number of piperazine rings is 1. The lowest BCUT2D eigenvalue weighted by atomic mass is 10.2. The summed E-state index contributed by atoms with van der Waals surface area (Å²) in [6.07, 6.45) is 0. The number of nitrogens with one attached hydrogen (secondary N) is 2. The Morgan fingerprint density at radius 1 is 1.09 bits per heavy atom. The summed E-state index contributed by atoms with van der Waals surface area (Å²) in [4.78, 5) is 15.3. The number of carbonyl (C=O) groups excluding carboxylic acids is 1. The van der Waals surface area contributed by atoms with Gasteiger partial charge in [0.15, 0.2) is 0 Å². The van der Waals surface area contributed by atoms with Crippen molar-refractivity contribution in [3.05, 3.63) is 24.3 Å². The lowest BCUT2D eigenvalue weighted by Crippen LogP contribution is -2.48. The number of amides is 1. The highest BCUT2D eigenvalue weighted by Crippen LogP contribution is 2.20. The second-order valence-electron chi connectivity index (χ2n) is 5.92. The Balaban J connectivity index is 1.96. The van der Waals surface area contributed by atoms with Crippen LogP contribution in [-0.4, -0.2) is 51.4 Å². The minimum atomic E-state index is -3.55. The maximum atomic E-state index is 11.8. The average Bonchev–Trinajstić information content (AvgIpc) is 2.46. The highest BCUT2D eigenvalue weighted by molar-refractivity contribution is 7.90. The van der Waals surface area contributed by atoms with Gasteiger partial charge in [-0.3, -0.25) is 9.52 Å². The summed E-state index contributed by atoms with van der Waals surface area (Å²) >= 11 is 0. The quantitative estimate of drug-likeness (QED) is 0.838. The zero-order chi connectivity index (χ0) is 17.0. The molecule has 0 saturated carbocycles. The first kappa shape index (κ1) is 17.6. The molecule has 8 heteroatoms. The van der Waals surface area contributed by atoms with Crippen molar-refractivity contribution in [3.8, 4) is 0 Å². The summed E-state index contributed by atoms with van der Waals surface area (Å²) in [5, 5.41) is 0. The Hall–Kier alpha value is -1.80. The summed E-state index contributed by atoms with van der Waals surface area (Å²) in [5.41, 5.74) is 1.54. The first-order chi connectivity index (χ1) is 10.8. The van der Waals surface area contributed by atoms with Gasteiger partial charge in [0.1, 0.15) is 0 Å². The Morgan fingerprint density at radius 2 is 1.65 bits per heavy atom. The van der Waals surface area contributed by atoms with Crippen LogP contribution >= 0.6 is 0 Å². The van der Waals surface area contributed by atoms with E-state index in [0.717, 1.165) is 18.8 Å². The predicted molar refractivity (Wildman–Crippen MR) is 91.7 cm³/mol. The van der Waals surface area contributed by atoms with Crippen LogP contribution in [0.25, 0.3) is 0 Å². The van der Waals surface area contributed by atoms with E-state index in [4.69, 9.17) is 0 Å². The topological polar surface area (TPSA) is 81.8 Å². The van der Waals surface area contributed by atoms with Gasteiger partial charge in [0.05, 0.1) is 0 Å². The molecule has 0 spiro atoms. The van der Waals surface area contributed by atoms with Gasteiger partial charge in [-0.25, -0.2) is 0 Å². The van der Waals surface area contributed by atoms with Gasteiger partial charge in [-0.05, 0) is 38.1 Å². The van der Waals surface area contributed by atoms with E-state index >= 15 is 0 Å². The lowest BCUT2D eigenvalue weighted by Gasteiger charge is -2.35. The molecule has 128 valence electrons. The Bertz CT molecular complexity index is 635. The van der Waals surface area contributed by atoms with Crippen LogP contribution < -0.4 is 14.3 Å². The summed E-state index contributed by atoms with van der Waals surface area (Å²) < 4.78 is 28.6. The number of hydrogen-bond donors (Lipinski definition) is 2. The third-order valence-corrected chi connectivity index (χ3v) is 4.89. The predicted octanol–water partition coefficient (Wildman–Crippen LogP) is 1.01. The molecule has 23 heavy (non-hydrogen) atoms. The molecule has 0 atom stereocenters. The summed E-state index contributed by atoms with van der Waals surface area (Å²) in [6, 6.07) is 7.09. The molecule has 0 unspecified atom stereocenters. The SMILES string of the molecule is CC(=O)N1CCN(c2ccc(NS(=O)(=O)NC(C)C)cc2)CC1. The Labute approximate surface area is 137 Å². The van der Waals surface area contributed by atoms with E-state index in [1.807, 2.05) is 17.0 Å². The van der Waals surface area contributed by atoms with E-state index < -0.39 is 10.2 Å². The van der Waals surface area contributed by atoms with Crippen molar-refractivity contribution >= 4 is 27.5 Å². The third kappa shape index (κ3) is 5.11. The largest absolute Gasteiger partial charge is 0.368 e. The van der Waals surface area contributed by atoms with Crippen molar-refractivity contribution in [1.82, 2.24) is 9.62 Å². The van der Waals surface area contributed by atoms with Crippen LogP contribution in [0.2, 0.25) is 0 Å². The minimum Gasteiger partial charge on any atom is -0.368 e. The van der Waals surface area contributed by atoms with Crippen LogP contribution in [0.4, 0.5) is 11.4 Å². The molecule has 0 aliphatic carbocycles. The maximum absolute atomic E-state index is 11.8. The first-order valence-electron chi connectivity index (χ1n) is 7.67. The third-order valence-electron chi connectivity index (χ3n) is 3.60. The maximum Gasteiger partial charge on any atom is 0.299 e. The van der Waals surface area contributed by atoms with Crippen molar-refractivity contribution in [2.75, 3.05) is 35.8 Å².